The molecule has 1 amide bonds. The summed E-state index contributed by atoms with van der Waals surface area (Å²) in [4.78, 5) is 35.0. The highest BCUT2D eigenvalue weighted by atomic mass is 32.1. The number of aromatic nitrogens is 1. The van der Waals surface area contributed by atoms with Gasteiger partial charge >= 0.3 is 0 Å². The molecule has 1 aliphatic rings. The standard InChI is InChI=1S/C24H31N3O4S/c1-6-14-31-18-10-8-17(9-11-18)20-19(21(28)23-15(2)25-16(3)32-23)22(29)24(30)27(20)13-7-12-26(4)5/h8-11,20,29H,6-7,12-14H2,1-5H3. The van der Waals surface area contributed by atoms with Crippen molar-refractivity contribution in [3.8, 4) is 5.75 Å². The number of nitrogens with zero attached hydrogens (tertiary/aromatic N) is 3. The van der Waals surface area contributed by atoms with E-state index in [1.165, 1.54) is 11.3 Å². The molecule has 0 spiro atoms. The van der Waals surface area contributed by atoms with Gasteiger partial charge in [0.2, 0.25) is 5.78 Å². The number of Topliss-reactive ketones (excluding diaryl/α,β-unsaturated/α-hetero) is 1. The molecule has 1 unspecified atom stereocenters. The zero-order valence-corrected chi connectivity index (χ0v) is 20.2. The summed E-state index contributed by atoms with van der Waals surface area (Å²) in [6, 6.07) is 6.75. The molecule has 0 bridgehead atoms. The lowest BCUT2D eigenvalue weighted by molar-refractivity contribution is -0.129. The molecule has 0 aliphatic carbocycles. The van der Waals surface area contributed by atoms with Gasteiger partial charge in [0.1, 0.15) is 5.75 Å². The van der Waals surface area contributed by atoms with Crippen LogP contribution in [0.4, 0.5) is 0 Å². The smallest absolute Gasteiger partial charge is 0.290 e. The lowest BCUT2D eigenvalue weighted by atomic mass is 9.95. The fourth-order valence-electron chi connectivity index (χ4n) is 3.85. The summed E-state index contributed by atoms with van der Waals surface area (Å²) in [5, 5.41) is 11.6. The van der Waals surface area contributed by atoms with E-state index in [9.17, 15) is 14.7 Å². The van der Waals surface area contributed by atoms with Crippen molar-refractivity contribution < 1.29 is 19.4 Å². The van der Waals surface area contributed by atoms with Gasteiger partial charge in [-0.25, -0.2) is 4.98 Å². The van der Waals surface area contributed by atoms with Gasteiger partial charge in [-0.05, 0) is 65.0 Å². The Hall–Kier alpha value is -2.71. The van der Waals surface area contributed by atoms with Crippen LogP contribution >= 0.6 is 11.3 Å². The highest BCUT2D eigenvalue weighted by Gasteiger charge is 2.44. The summed E-state index contributed by atoms with van der Waals surface area (Å²) in [5.41, 5.74) is 1.49. The van der Waals surface area contributed by atoms with Crippen LogP contribution in [0.5, 0.6) is 5.75 Å². The normalized spacial score (nSPS) is 16.4. The Labute approximate surface area is 193 Å². The van der Waals surface area contributed by atoms with Crippen molar-refractivity contribution in [1.29, 1.82) is 0 Å². The SMILES string of the molecule is CCCOc1ccc(C2C(C(=O)c3sc(C)nc3C)=C(O)C(=O)N2CCCN(C)C)cc1. The molecule has 1 aromatic heterocycles. The van der Waals surface area contributed by atoms with Crippen LogP contribution < -0.4 is 4.74 Å². The predicted molar refractivity (Wildman–Crippen MR) is 125 cm³/mol. The number of aliphatic hydroxyl groups is 1. The van der Waals surface area contributed by atoms with Gasteiger partial charge in [-0.1, -0.05) is 19.1 Å². The van der Waals surface area contributed by atoms with E-state index in [1.807, 2.05) is 57.1 Å². The van der Waals surface area contributed by atoms with Crippen LogP contribution in [0.2, 0.25) is 0 Å². The average Bonchev–Trinajstić information content (AvgIpc) is 3.22. The monoisotopic (exact) mass is 457 g/mol. The summed E-state index contributed by atoms with van der Waals surface area (Å²) in [6.07, 6.45) is 1.63. The minimum absolute atomic E-state index is 0.119. The van der Waals surface area contributed by atoms with Gasteiger partial charge in [-0.15, -0.1) is 11.3 Å². The molecular weight excluding hydrogens is 426 g/mol. The first kappa shape index (κ1) is 23.9. The number of aliphatic hydroxyl groups excluding tert-OH is 1. The maximum Gasteiger partial charge on any atom is 0.290 e. The number of aryl methyl sites for hydroxylation is 2. The van der Waals surface area contributed by atoms with Crippen molar-refractivity contribution in [2.75, 3.05) is 33.8 Å². The van der Waals surface area contributed by atoms with E-state index >= 15 is 0 Å². The van der Waals surface area contributed by atoms with Crippen molar-refractivity contribution in [3.63, 3.8) is 0 Å². The van der Waals surface area contributed by atoms with E-state index in [0.717, 1.165) is 35.7 Å². The lowest BCUT2D eigenvalue weighted by Crippen LogP contribution is -2.33. The van der Waals surface area contributed by atoms with Crippen LogP contribution in [0, 0.1) is 13.8 Å². The molecule has 1 N–H and O–H groups in total. The fourth-order valence-corrected chi connectivity index (χ4v) is 4.72. The van der Waals surface area contributed by atoms with Gasteiger partial charge in [-0.2, -0.15) is 0 Å². The number of benzene rings is 1. The zero-order chi connectivity index (χ0) is 23.4. The molecule has 1 atom stereocenters. The van der Waals surface area contributed by atoms with Crippen molar-refractivity contribution in [2.24, 2.45) is 0 Å². The number of hydrogen-bond donors (Lipinski definition) is 1. The summed E-state index contributed by atoms with van der Waals surface area (Å²) in [5.74, 6) is -0.594. The zero-order valence-electron chi connectivity index (χ0n) is 19.3. The molecule has 1 aromatic carbocycles. The Morgan fingerprint density at radius 2 is 1.94 bits per heavy atom. The number of thiazole rings is 1. The molecule has 172 valence electrons. The number of carbonyl (C=O) groups is 2. The maximum absolute atomic E-state index is 13.5. The molecule has 3 rings (SSSR count). The first-order valence-electron chi connectivity index (χ1n) is 10.8. The van der Waals surface area contributed by atoms with Crippen LogP contribution in [-0.2, 0) is 4.79 Å². The minimum atomic E-state index is -0.654. The van der Waals surface area contributed by atoms with Crippen LogP contribution in [0.25, 0.3) is 0 Å². The Morgan fingerprint density at radius 1 is 1.25 bits per heavy atom. The van der Waals surface area contributed by atoms with Crippen molar-refractivity contribution >= 4 is 23.0 Å². The number of rotatable bonds is 10. The minimum Gasteiger partial charge on any atom is -0.503 e. The third kappa shape index (κ3) is 5.02. The second-order valence-electron chi connectivity index (χ2n) is 8.21. The van der Waals surface area contributed by atoms with Gasteiger partial charge in [0.05, 0.1) is 33.8 Å². The van der Waals surface area contributed by atoms with Crippen LogP contribution in [0.1, 0.15) is 51.7 Å². The maximum atomic E-state index is 13.5. The number of hydrogen-bond acceptors (Lipinski definition) is 7. The first-order chi connectivity index (χ1) is 15.2. The second kappa shape index (κ2) is 10.3. The van der Waals surface area contributed by atoms with Gasteiger partial charge in [0.25, 0.3) is 5.91 Å². The molecule has 1 aliphatic heterocycles. The third-order valence-corrected chi connectivity index (χ3v) is 6.40. The lowest BCUT2D eigenvalue weighted by Gasteiger charge is -2.27. The summed E-state index contributed by atoms with van der Waals surface area (Å²) in [6.45, 7) is 7.48. The van der Waals surface area contributed by atoms with E-state index in [1.54, 1.807) is 11.8 Å². The van der Waals surface area contributed by atoms with E-state index in [2.05, 4.69) is 4.98 Å². The molecule has 0 saturated heterocycles. The fraction of sp³-hybridized carbons (Fsp3) is 0.458. The Kier molecular flexibility index (Phi) is 7.69. The second-order valence-corrected chi connectivity index (χ2v) is 9.42. The van der Waals surface area contributed by atoms with Crippen molar-refractivity contribution in [3.05, 3.63) is 56.7 Å². The van der Waals surface area contributed by atoms with E-state index in [-0.39, 0.29) is 11.4 Å². The molecule has 8 heteroatoms. The summed E-state index contributed by atoms with van der Waals surface area (Å²) >= 11 is 1.28. The van der Waals surface area contributed by atoms with Crippen LogP contribution in [0.3, 0.4) is 0 Å². The van der Waals surface area contributed by atoms with E-state index < -0.39 is 17.7 Å². The molecule has 7 nitrogen and oxygen atoms in total. The molecule has 0 radical (unpaired) electrons. The molecule has 0 fully saturated rings. The topological polar surface area (TPSA) is 83.0 Å². The predicted octanol–water partition coefficient (Wildman–Crippen LogP) is 4.08. The molecule has 0 saturated carbocycles. The highest BCUT2D eigenvalue weighted by molar-refractivity contribution is 7.14. The van der Waals surface area contributed by atoms with Crippen molar-refractivity contribution in [1.82, 2.24) is 14.8 Å². The number of amides is 1. The number of carbonyl (C=O) groups excluding carboxylic acids is 2. The van der Waals surface area contributed by atoms with E-state index in [0.29, 0.717) is 23.7 Å². The van der Waals surface area contributed by atoms with Crippen LogP contribution in [-0.4, -0.2) is 65.4 Å². The Balaban J connectivity index is 1.99. The largest absolute Gasteiger partial charge is 0.503 e. The Bertz CT molecular complexity index is 1010. The summed E-state index contributed by atoms with van der Waals surface area (Å²) < 4.78 is 5.67. The molecule has 32 heavy (non-hydrogen) atoms. The molecular formula is C24H31N3O4S. The summed E-state index contributed by atoms with van der Waals surface area (Å²) in [7, 11) is 3.94. The molecule has 2 aromatic rings. The van der Waals surface area contributed by atoms with Gasteiger partial charge in [-0.3, -0.25) is 9.59 Å². The van der Waals surface area contributed by atoms with Crippen LogP contribution in [0.15, 0.2) is 35.6 Å². The number of ether oxygens (including phenoxy) is 1. The van der Waals surface area contributed by atoms with Gasteiger partial charge < -0.3 is 19.6 Å². The third-order valence-electron chi connectivity index (χ3n) is 5.33. The van der Waals surface area contributed by atoms with E-state index in [4.69, 9.17) is 4.74 Å². The average molecular weight is 458 g/mol. The van der Waals surface area contributed by atoms with Crippen molar-refractivity contribution in [2.45, 2.75) is 39.7 Å². The Morgan fingerprint density at radius 3 is 2.50 bits per heavy atom. The first-order valence-corrected chi connectivity index (χ1v) is 11.7. The number of ketones is 1. The van der Waals surface area contributed by atoms with Gasteiger partial charge in [0.15, 0.2) is 5.76 Å². The quantitative estimate of drug-likeness (QED) is 0.542. The highest BCUT2D eigenvalue weighted by Crippen LogP contribution is 2.40. The molecule has 2 heterocycles. The van der Waals surface area contributed by atoms with Gasteiger partial charge in [0, 0.05) is 6.54 Å².